The minimum absolute atomic E-state index is 0.326. The Labute approximate surface area is 116 Å². The highest BCUT2D eigenvalue weighted by atomic mass is 16.3. The molecule has 0 amide bonds. The largest absolute Gasteiger partial charge is 0.390 e. The second kappa shape index (κ2) is 6.70. The van der Waals surface area contributed by atoms with E-state index in [1.807, 2.05) is 38.9 Å². The third-order valence-corrected chi connectivity index (χ3v) is 2.93. The van der Waals surface area contributed by atoms with Crippen molar-refractivity contribution < 1.29 is 5.11 Å². The number of nitrogens with one attached hydrogen (secondary N) is 1. The van der Waals surface area contributed by atoms with E-state index in [1.165, 1.54) is 0 Å². The van der Waals surface area contributed by atoms with Crippen molar-refractivity contribution in [2.45, 2.75) is 51.7 Å². The van der Waals surface area contributed by atoms with Crippen LogP contribution in [0.3, 0.4) is 0 Å². The minimum atomic E-state index is -0.577. The van der Waals surface area contributed by atoms with Crippen molar-refractivity contribution >= 4 is 11.6 Å². The highest BCUT2D eigenvalue weighted by molar-refractivity contribution is 5.47. The van der Waals surface area contributed by atoms with Crippen molar-refractivity contribution in [2.75, 3.05) is 24.3 Å². The predicted octanol–water partition coefficient (Wildman–Crippen LogP) is 2.28. The second-order valence-corrected chi connectivity index (χ2v) is 5.91. The molecule has 5 heteroatoms. The summed E-state index contributed by atoms with van der Waals surface area (Å²) >= 11 is 0. The van der Waals surface area contributed by atoms with E-state index in [-0.39, 0.29) is 0 Å². The lowest BCUT2D eigenvalue weighted by Gasteiger charge is -2.20. The maximum absolute atomic E-state index is 9.67. The van der Waals surface area contributed by atoms with Gasteiger partial charge in [-0.25, -0.2) is 9.97 Å². The van der Waals surface area contributed by atoms with Gasteiger partial charge in [-0.15, -0.1) is 0 Å². The van der Waals surface area contributed by atoms with E-state index < -0.39 is 5.60 Å². The van der Waals surface area contributed by atoms with Gasteiger partial charge in [-0.05, 0) is 40.0 Å². The molecular formula is C14H26N4O. The lowest BCUT2D eigenvalue weighted by Crippen LogP contribution is -2.21. The van der Waals surface area contributed by atoms with Gasteiger partial charge in [-0.1, -0.05) is 0 Å². The molecule has 0 saturated carbocycles. The maximum Gasteiger partial charge on any atom is 0.133 e. The Morgan fingerprint density at radius 2 is 2.05 bits per heavy atom. The number of anilines is 2. The Morgan fingerprint density at radius 3 is 2.63 bits per heavy atom. The van der Waals surface area contributed by atoms with E-state index in [9.17, 15) is 5.11 Å². The fraction of sp³-hybridized carbons (Fsp3) is 0.714. The van der Waals surface area contributed by atoms with Crippen LogP contribution < -0.4 is 10.2 Å². The summed E-state index contributed by atoms with van der Waals surface area (Å²) in [5.74, 6) is 1.73. The van der Waals surface area contributed by atoms with Gasteiger partial charge >= 0.3 is 0 Å². The van der Waals surface area contributed by atoms with Crippen molar-refractivity contribution in [3.05, 3.63) is 12.4 Å². The standard InChI is InChI=1S/C14H26N4O/c1-11(7-6-8-14(2,3)19)17-12-9-13(18(4)5)16-10-15-12/h9-11,19H,6-8H2,1-5H3,(H,15,16,17)/t11-/m1/s1. The molecule has 0 aromatic carbocycles. The van der Waals surface area contributed by atoms with Gasteiger partial charge in [0.1, 0.15) is 18.0 Å². The SMILES string of the molecule is C[C@H](CCCC(C)(C)O)Nc1cc(N(C)C)ncn1. The molecule has 0 radical (unpaired) electrons. The van der Waals surface area contributed by atoms with Crippen molar-refractivity contribution in [1.82, 2.24) is 9.97 Å². The first kappa shape index (κ1) is 15.7. The zero-order valence-corrected chi connectivity index (χ0v) is 12.6. The van der Waals surface area contributed by atoms with E-state index in [1.54, 1.807) is 6.33 Å². The van der Waals surface area contributed by atoms with E-state index in [4.69, 9.17) is 0 Å². The fourth-order valence-electron chi connectivity index (χ4n) is 1.84. The third-order valence-electron chi connectivity index (χ3n) is 2.93. The summed E-state index contributed by atoms with van der Waals surface area (Å²) in [6.45, 7) is 5.82. The van der Waals surface area contributed by atoms with Crippen LogP contribution in [0.25, 0.3) is 0 Å². The van der Waals surface area contributed by atoms with Crippen LogP contribution in [0.5, 0.6) is 0 Å². The summed E-state index contributed by atoms with van der Waals surface area (Å²) in [6.07, 6.45) is 4.38. The molecule has 0 unspecified atom stereocenters. The zero-order chi connectivity index (χ0) is 14.5. The van der Waals surface area contributed by atoms with E-state index in [0.717, 1.165) is 30.9 Å². The fourth-order valence-corrected chi connectivity index (χ4v) is 1.84. The summed E-state index contributed by atoms with van der Waals surface area (Å²) in [5.41, 5.74) is -0.577. The van der Waals surface area contributed by atoms with Gasteiger partial charge in [0.25, 0.3) is 0 Å². The van der Waals surface area contributed by atoms with Crippen LogP contribution in [0.4, 0.5) is 11.6 Å². The average Bonchev–Trinajstić information content (AvgIpc) is 2.27. The van der Waals surface area contributed by atoms with Gasteiger partial charge < -0.3 is 15.3 Å². The van der Waals surface area contributed by atoms with Crippen molar-refractivity contribution in [3.8, 4) is 0 Å². The van der Waals surface area contributed by atoms with Gasteiger partial charge in [0.15, 0.2) is 0 Å². The molecule has 1 aromatic heterocycles. The number of hydrogen-bond donors (Lipinski definition) is 2. The lowest BCUT2D eigenvalue weighted by atomic mass is 10.00. The molecule has 0 aliphatic carbocycles. The molecule has 2 N–H and O–H groups in total. The molecule has 0 saturated heterocycles. The summed E-state index contributed by atoms with van der Waals surface area (Å²) in [6, 6.07) is 2.26. The highest BCUT2D eigenvalue weighted by Crippen LogP contribution is 2.16. The number of nitrogens with zero attached hydrogens (tertiary/aromatic N) is 3. The average molecular weight is 266 g/mol. The molecule has 1 heterocycles. The predicted molar refractivity (Wildman–Crippen MR) is 79.6 cm³/mol. The minimum Gasteiger partial charge on any atom is -0.390 e. The van der Waals surface area contributed by atoms with Crippen LogP contribution in [0.1, 0.15) is 40.0 Å². The molecule has 108 valence electrons. The number of aliphatic hydroxyl groups is 1. The van der Waals surface area contributed by atoms with Gasteiger partial charge in [0, 0.05) is 26.2 Å². The number of hydrogen-bond acceptors (Lipinski definition) is 5. The van der Waals surface area contributed by atoms with Crippen molar-refractivity contribution in [2.24, 2.45) is 0 Å². The van der Waals surface area contributed by atoms with Gasteiger partial charge in [0.05, 0.1) is 5.60 Å². The Morgan fingerprint density at radius 1 is 1.37 bits per heavy atom. The van der Waals surface area contributed by atoms with E-state index in [2.05, 4.69) is 22.2 Å². The first-order chi connectivity index (χ1) is 8.78. The normalized spacial score (nSPS) is 13.2. The topological polar surface area (TPSA) is 61.3 Å². The van der Waals surface area contributed by atoms with Gasteiger partial charge in [-0.3, -0.25) is 0 Å². The van der Waals surface area contributed by atoms with Crippen LogP contribution in [-0.4, -0.2) is 40.8 Å². The van der Waals surface area contributed by atoms with E-state index in [0.29, 0.717) is 6.04 Å². The summed E-state index contributed by atoms with van der Waals surface area (Å²) in [7, 11) is 3.91. The highest BCUT2D eigenvalue weighted by Gasteiger charge is 2.13. The molecule has 0 aliphatic heterocycles. The van der Waals surface area contributed by atoms with E-state index >= 15 is 0 Å². The lowest BCUT2D eigenvalue weighted by molar-refractivity contribution is 0.0680. The first-order valence-electron chi connectivity index (χ1n) is 6.76. The molecule has 0 fully saturated rings. The summed E-state index contributed by atoms with van der Waals surface area (Å²) < 4.78 is 0. The van der Waals surface area contributed by atoms with Crippen LogP contribution >= 0.6 is 0 Å². The Kier molecular flexibility index (Phi) is 5.54. The maximum atomic E-state index is 9.67. The molecular weight excluding hydrogens is 240 g/mol. The Balaban J connectivity index is 2.44. The van der Waals surface area contributed by atoms with Crippen molar-refractivity contribution in [1.29, 1.82) is 0 Å². The molecule has 0 bridgehead atoms. The van der Waals surface area contributed by atoms with Crippen LogP contribution in [0, 0.1) is 0 Å². The van der Waals surface area contributed by atoms with Crippen LogP contribution in [0.2, 0.25) is 0 Å². The quantitative estimate of drug-likeness (QED) is 0.793. The number of rotatable bonds is 7. The van der Waals surface area contributed by atoms with Gasteiger partial charge in [-0.2, -0.15) is 0 Å². The molecule has 1 aromatic rings. The molecule has 5 nitrogen and oxygen atoms in total. The summed E-state index contributed by atoms with van der Waals surface area (Å²) in [5, 5.41) is 13.0. The molecule has 1 atom stereocenters. The van der Waals surface area contributed by atoms with Gasteiger partial charge in [0.2, 0.25) is 0 Å². The van der Waals surface area contributed by atoms with Crippen LogP contribution in [-0.2, 0) is 0 Å². The first-order valence-corrected chi connectivity index (χ1v) is 6.76. The molecule has 1 rings (SSSR count). The molecule has 0 aliphatic rings. The molecule has 19 heavy (non-hydrogen) atoms. The monoisotopic (exact) mass is 266 g/mol. The molecule has 0 spiro atoms. The second-order valence-electron chi connectivity index (χ2n) is 5.91. The number of aromatic nitrogens is 2. The third kappa shape index (κ3) is 6.38. The Bertz CT molecular complexity index is 387. The Hall–Kier alpha value is -1.36. The summed E-state index contributed by atoms with van der Waals surface area (Å²) in [4.78, 5) is 10.4. The van der Waals surface area contributed by atoms with Crippen molar-refractivity contribution in [3.63, 3.8) is 0 Å². The zero-order valence-electron chi connectivity index (χ0n) is 12.6. The smallest absolute Gasteiger partial charge is 0.133 e. The van der Waals surface area contributed by atoms with Crippen LogP contribution in [0.15, 0.2) is 12.4 Å².